The summed E-state index contributed by atoms with van der Waals surface area (Å²) in [6.07, 6.45) is 2.93. The molecule has 0 saturated carbocycles. The molecule has 0 unspecified atom stereocenters. The van der Waals surface area contributed by atoms with E-state index in [1.807, 2.05) is 0 Å². The van der Waals surface area contributed by atoms with E-state index >= 15 is 0 Å². The Hall–Kier alpha value is -1.69. The van der Waals surface area contributed by atoms with Gasteiger partial charge in [-0.2, -0.15) is 0 Å². The number of carbonyl (C=O) groups excluding carboxylic acids is 1. The molecule has 0 radical (unpaired) electrons. The molecule has 2 heterocycles. The molecule has 19 heavy (non-hydrogen) atoms. The van der Waals surface area contributed by atoms with Gasteiger partial charge in [0.1, 0.15) is 0 Å². The predicted molar refractivity (Wildman–Crippen MR) is 69.5 cm³/mol. The molecule has 1 saturated heterocycles. The number of aromatic nitrogens is 1. The van der Waals surface area contributed by atoms with Gasteiger partial charge in [0.05, 0.1) is 5.56 Å². The average Bonchev–Trinajstić information content (AvgIpc) is 2.47. The molecule has 2 N–H and O–H groups in total. The van der Waals surface area contributed by atoms with Crippen molar-refractivity contribution in [2.24, 2.45) is 5.92 Å². The van der Waals surface area contributed by atoms with Gasteiger partial charge < -0.3 is 15.3 Å². The van der Waals surface area contributed by atoms with E-state index in [4.69, 9.17) is 5.11 Å². The van der Waals surface area contributed by atoms with E-state index in [1.54, 1.807) is 11.9 Å². The predicted octanol–water partition coefficient (Wildman–Crippen LogP) is 1.11. The van der Waals surface area contributed by atoms with Crippen LogP contribution in [0.4, 0.5) is 10.2 Å². The molecule has 0 spiro atoms. The van der Waals surface area contributed by atoms with Crippen LogP contribution in [0.1, 0.15) is 23.2 Å². The van der Waals surface area contributed by atoms with Crippen molar-refractivity contribution in [1.29, 1.82) is 0 Å². The number of halogens is 1. The summed E-state index contributed by atoms with van der Waals surface area (Å²) in [7, 11) is 1.56. The fourth-order valence-electron chi connectivity index (χ4n) is 2.27. The van der Waals surface area contributed by atoms with Crippen LogP contribution in [0.15, 0.2) is 12.3 Å². The van der Waals surface area contributed by atoms with Gasteiger partial charge in [-0.05, 0) is 24.8 Å². The summed E-state index contributed by atoms with van der Waals surface area (Å²) in [6, 6.07) is 1.40. The van der Waals surface area contributed by atoms with Crippen LogP contribution in [0.3, 0.4) is 0 Å². The Balaban J connectivity index is 2.12. The molecule has 1 aromatic rings. The lowest BCUT2D eigenvalue weighted by atomic mass is 9.97. The molecule has 2 rings (SSSR count). The summed E-state index contributed by atoms with van der Waals surface area (Å²) >= 11 is 0. The maximum Gasteiger partial charge on any atom is 0.257 e. The number of pyridine rings is 1. The third-order valence-corrected chi connectivity index (χ3v) is 3.52. The van der Waals surface area contributed by atoms with Gasteiger partial charge in [0.15, 0.2) is 11.6 Å². The molecule has 0 aliphatic carbocycles. The van der Waals surface area contributed by atoms with Crippen molar-refractivity contribution in [1.82, 2.24) is 9.88 Å². The van der Waals surface area contributed by atoms with Crippen molar-refractivity contribution in [3.05, 3.63) is 23.6 Å². The summed E-state index contributed by atoms with van der Waals surface area (Å²) in [5.41, 5.74) is 0.0433. The van der Waals surface area contributed by atoms with Gasteiger partial charge >= 0.3 is 0 Å². The molecule has 0 aromatic carbocycles. The smallest absolute Gasteiger partial charge is 0.257 e. The Morgan fingerprint density at radius 2 is 2.26 bits per heavy atom. The molecule has 104 valence electrons. The highest BCUT2D eigenvalue weighted by Crippen LogP contribution is 2.21. The number of aliphatic hydroxyl groups is 1. The molecule has 1 amide bonds. The number of piperidine rings is 1. The number of amides is 1. The van der Waals surface area contributed by atoms with E-state index in [0.29, 0.717) is 13.1 Å². The Morgan fingerprint density at radius 1 is 1.58 bits per heavy atom. The van der Waals surface area contributed by atoms with Crippen LogP contribution in [-0.2, 0) is 0 Å². The first-order valence-corrected chi connectivity index (χ1v) is 6.39. The third-order valence-electron chi connectivity index (χ3n) is 3.52. The Kier molecular flexibility index (Phi) is 4.31. The van der Waals surface area contributed by atoms with Crippen LogP contribution in [0, 0.1) is 11.7 Å². The molecule has 6 heteroatoms. The number of hydrogen-bond acceptors (Lipinski definition) is 4. The molecular weight excluding hydrogens is 249 g/mol. The van der Waals surface area contributed by atoms with Gasteiger partial charge in [-0.1, -0.05) is 0 Å². The highest BCUT2D eigenvalue weighted by molar-refractivity contribution is 5.95. The lowest BCUT2D eigenvalue weighted by Crippen LogP contribution is -2.39. The van der Waals surface area contributed by atoms with Crippen LogP contribution in [0.2, 0.25) is 0 Å². The first-order valence-electron chi connectivity index (χ1n) is 6.39. The van der Waals surface area contributed by atoms with Gasteiger partial charge in [-0.15, -0.1) is 0 Å². The van der Waals surface area contributed by atoms with Crippen molar-refractivity contribution in [3.63, 3.8) is 0 Å². The largest absolute Gasteiger partial charge is 0.396 e. The number of nitrogens with one attached hydrogen (secondary N) is 1. The number of rotatable bonds is 3. The molecular formula is C13H18FN3O2. The van der Waals surface area contributed by atoms with E-state index in [0.717, 1.165) is 12.8 Å². The van der Waals surface area contributed by atoms with Crippen LogP contribution in [-0.4, -0.2) is 47.6 Å². The lowest BCUT2D eigenvalue weighted by molar-refractivity contribution is 0.0646. The number of nitrogens with zero attached hydrogens (tertiary/aromatic N) is 2. The SMILES string of the molecule is CNc1nccc(C(=O)N2CCC(CO)CC2)c1F. The van der Waals surface area contributed by atoms with Gasteiger partial charge in [0.25, 0.3) is 5.91 Å². The second-order valence-corrected chi connectivity index (χ2v) is 4.69. The van der Waals surface area contributed by atoms with Crippen molar-refractivity contribution in [2.75, 3.05) is 32.1 Å². The molecule has 0 bridgehead atoms. The zero-order valence-corrected chi connectivity index (χ0v) is 10.9. The molecule has 1 fully saturated rings. The molecule has 0 atom stereocenters. The maximum absolute atomic E-state index is 14.0. The normalized spacial score (nSPS) is 16.5. The fourth-order valence-corrected chi connectivity index (χ4v) is 2.27. The maximum atomic E-state index is 14.0. The summed E-state index contributed by atoms with van der Waals surface area (Å²) in [4.78, 5) is 17.7. The third kappa shape index (κ3) is 2.84. The van der Waals surface area contributed by atoms with Crippen LogP contribution < -0.4 is 5.32 Å². The van der Waals surface area contributed by atoms with E-state index in [9.17, 15) is 9.18 Å². The van der Waals surface area contributed by atoms with Gasteiger partial charge in [-0.25, -0.2) is 9.37 Å². The zero-order chi connectivity index (χ0) is 13.8. The van der Waals surface area contributed by atoms with E-state index in [-0.39, 0.29) is 29.8 Å². The zero-order valence-electron chi connectivity index (χ0n) is 10.9. The van der Waals surface area contributed by atoms with Crippen molar-refractivity contribution in [3.8, 4) is 0 Å². The molecule has 1 aliphatic rings. The van der Waals surface area contributed by atoms with Gasteiger partial charge in [0, 0.05) is 32.9 Å². The fraction of sp³-hybridized carbons (Fsp3) is 0.538. The number of aliphatic hydroxyl groups excluding tert-OH is 1. The Bertz CT molecular complexity index is 459. The second-order valence-electron chi connectivity index (χ2n) is 4.69. The first kappa shape index (κ1) is 13.7. The minimum atomic E-state index is -0.612. The minimum Gasteiger partial charge on any atom is -0.396 e. The number of anilines is 1. The van der Waals surface area contributed by atoms with Crippen LogP contribution in [0.25, 0.3) is 0 Å². The number of hydrogen-bond donors (Lipinski definition) is 2. The van der Waals surface area contributed by atoms with E-state index < -0.39 is 5.82 Å². The minimum absolute atomic E-state index is 0.0433. The quantitative estimate of drug-likeness (QED) is 0.861. The summed E-state index contributed by atoms with van der Waals surface area (Å²) in [5, 5.41) is 11.7. The Labute approximate surface area is 111 Å². The van der Waals surface area contributed by atoms with Crippen LogP contribution >= 0.6 is 0 Å². The number of carbonyl (C=O) groups is 1. The average molecular weight is 267 g/mol. The van der Waals surface area contributed by atoms with E-state index in [2.05, 4.69) is 10.3 Å². The summed E-state index contributed by atoms with van der Waals surface area (Å²) < 4.78 is 14.0. The van der Waals surface area contributed by atoms with Crippen molar-refractivity contribution in [2.45, 2.75) is 12.8 Å². The highest BCUT2D eigenvalue weighted by atomic mass is 19.1. The molecule has 1 aliphatic heterocycles. The standard InChI is InChI=1S/C13H18FN3O2/c1-15-12-11(14)10(2-5-16-12)13(19)17-6-3-9(8-18)4-7-17/h2,5,9,18H,3-4,6-8H2,1H3,(H,15,16). The summed E-state index contributed by atoms with van der Waals surface area (Å²) in [5.74, 6) is -0.595. The molecule has 1 aromatic heterocycles. The molecule has 5 nitrogen and oxygen atoms in total. The lowest BCUT2D eigenvalue weighted by Gasteiger charge is -2.31. The summed E-state index contributed by atoms with van der Waals surface area (Å²) in [6.45, 7) is 1.26. The number of likely N-dealkylation sites (tertiary alicyclic amines) is 1. The van der Waals surface area contributed by atoms with Gasteiger partial charge in [-0.3, -0.25) is 4.79 Å². The van der Waals surface area contributed by atoms with Crippen molar-refractivity contribution < 1.29 is 14.3 Å². The first-order chi connectivity index (χ1) is 9.17. The van der Waals surface area contributed by atoms with E-state index in [1.165, 1.54) is 12.3 Å². The van der Waals surface area contributed by atoms with Crippen molar-refractivity contribution >= 4 is 11.7 Å². The Morgan fingerprint density at radius 3 is 2.84 bits per heavy atom. The topological polar surface area (TPSA) is 65.5 Å². The van der Waals surface area contributed by atoms with Crippen LogP contribution in [0.5, 0.6) is 0 Å². The second kappa shape index (κ2) is 5.97. The monoisotopic (exact) mass is 267 g/mol. The van der Waals surface area contributed by atoms with Gasteiger partial charge in [0.2, 0.25) is 0 Å². The highest BCUT2D eigenvalue weighted by Gasteiger charge is 2.25.